The van der Waals surface area contributed by atoms with Crippen LogP contribution in [0.25, 0.3) is 27.3 Å². The molecule has 0 atom stereocenters. The molecule has 92 valence electrons. The smallest absolute Gasteiger partial charge is 0.447 e. The highest BCUT2D eigenvalue weighted by Gasteiger charge is 2.23. The minimum atomic E-state index is -0.436. The number of methoxy groups -OCH3 is 1. The molecular formula is C15H10NO3+. The molecule has 0 aliphatic carbocycles. The van der Waals surface area contributed by atoms with Crippen molar-refractivity contribution < 1.29 is 13.6 Å². The van der Waals surface area contributed by atoms with E-state index in [4.69, 9.17) is 9.15 Å². The van der Waals surface area contributed by atoms with Crippen LogP contribution in [0.2, 0.25) is 0 Å². The molecule has 4 rings (SSSR count). The number of ether oxygens (including phenoxy) is 1. The first kappa shape index (κ1) is 10.3. The van der Waals surface area contributed by atoms with Gasteiger partial charge in [-0.2, -0.15) is 4.79 Å². The molecule has 4 nitrogen and oxygen atoms in total. The van der Waals surface area contributed by atoms with Crippen molar-refractivity contribution in [3.8, 4) is 5.88 Å². The average Bonchev–Trinajstić information content (AvgIpc) is 2.45. The van der Waals surface area contributed by atoms with Crippen LogP contribution in [0.4, 0.5) is 0 Å². The zero-order chi connectivity index (χ0) is 13.0. The van der Waals surface area contributed by atoms with Crippen molar-refractivity contribution in [2.75, 3.05) is 7.11 Å². The van der Waals surface area contributed by atoms with Gasteiger partial charge in [-0.1, -0.05) is 18.2 Å². The maximum Gasteiger partial charge on any atom is 0.611 e. The number of aromatic nitrogens is 1. The average molecular weight is 252 g/mol. The summed E-state index contributed by atoms with van der Waals surface area (Å²) in [6.45, 7) is 0. The van der Waals surface area contributed by atoms with Gasteiger partial charge in [0.15, 0.2) is 5.58 Å². The molecule has 0 radical (unpaired) electrons. The standard InChI is InChI=1S/C15H10NO3/c1-18-12-8-7-10-6-5-9-3-2-4-11-13(9)14(10)16(12)15(17)19-11/h2-8H,1H3/q+1. The van der Waals surface area contributed by atoms with Crippen molar-refractivity contribution in [3.05, 3.63) is 53.0 Å². The fourth-order valence-corrected chi connectivity index (χ4v) is 2.63. The summed E-state index contributed by atoms with van der Waals surface area (Å²) in [4.78, 5) is 12.2. The third-order valence-electron chi connectivity index (χ3n) is 3.45. The van der Waals surface area contributed by atoms with E-state index in [0.717, 1.165) is 21.7 Å². The minimum absolute atomic E-state index is 0.436. The molecular weight excluding hydrogens is 242 g/mol. The molecule has 4 aromatic rings. The number of hydrogen-bond donors (Lipinski definition) is 0. The zero-order valence-corrected chi connectivity index (χ0v) is 10.2. The highest BCUT2D eigenvalue weighted by molar-refractivity contribution is 6.10. The summed E-state index contributed by atoms with van der Waals surface area (Å²) < 4.78 is 12.1. The Morgan fingerprint density at radius 2 is 1.84 bits per heavy atom. The number of rotatable bonds is 1. The first-order valence-corrected chi connectivity index (χ1v) is 5.96. The van der Waals surface area contributed by atoms with Crippen LogP contribution in [0.5, 0.6) is 5.88 Å². The molecule has 0 spiro atoms. The highest BCUT2D eigenvalue weighted by atomic mass is 16.5. The minimum Gasteiger partial charge on any atom is -0.447 e. The van der Waals surface area contributed by atoms with Gasteiger partial charge in [-0.3, -0.25) is 0 Å². The van der Waals surface area contributed by atoms with E-state index in [1.54, 1.807) is 13.2 Å². The Labute approximate surface area is 107 Å². The van der Waals surface area contributed by atoms with Crippen molar-refractivity contribution in [2.45, 2.75) is 0 Å². The lowest BCUT2D eigenvalue weighted by Crippen LogP contribution is -2.41. The molecule has 0 saturated heterocycles. The summed E-state index contributed by atoms with van der Waals surface area (Å²) in [6, 6.07) is 13.4. The van der Waals surface area contributed by atoms with Gasteiger partial charge in [0.05, 0.1) is 18.6 Å². The second kappa shape index (κ2) is 3.45. The van der Waals surface area contributed by atoms with Gasteiger partial charge in [0, 0.05) is 5.39 Å². The lowest BCUT2D eigenvalue weighted by molar-refractivity contribution is -0.550. The fourth-order valence-electron chi connectivity index (χ4n) is 2.63. The number of benzene rings is 2. The van der Waals surface area contributed by atoms with Crippen molar-refractivity contribution in [1.82, 2.24) is 0 Å². The second-order valence-corrected chi connectivity index (χ2v) is 4.44. The van der Waals surface area contributed by atoms with Gasteiger partial charge in [0.25, 0.3) is 0 Å². The zero-order valence-electron chi connectivity index (χ0n) is 10.2. The summed E-state index contributed by atoms with van der Waals surface area (Å²) in [6.07, 6.45) is 0. The maximum absolute atomic E-state index is 12.2. The Morgan fingerprint density at radius 1 is 1.05 bits per heavy atom. The number of hydrogen-bond acceptors (Lipinski definition) is 3. The lowest BCUT2D eigenvalue weighted by atomic mass is 10.1. The lowest BCUT2D eigenvalue weighted by Gasteiger charge is -2.04. The summed E-state index contributed by atoms with van der Waals surface area (Å²) in [5.74, 6) is 0.0353. The van der Waals surface area contributed by atoms with E-state index in [9.17, 15) is 4.79 Å². The molecule has 0 amide bonds. The Morgan fingerprint density at radius 3 is 2.68 bits per heavy atom. The molecule has 0 saturated carbocycles. The fraction of sp³-hybridized carbons (Fsp3) is 0.0667. The molecule has 2 heterocycles. The van der Waals surface area contributed by atoms with Gasteiger partial charge < -0.3 is 9.15 Å². The maximum atomic E-state index is 12.2. The first-order valence-electron chi connectivity index (χ1n) is 5.96. The molecule has 4 heteroatoms. The van der Waals surface area contributed by atoms with Crippen molar-refractivity contribution >= 4 is 27.3 Å². The summed E-state index contributed by atoms with van der Waals surface area (Å²) in [5.41, 5.74) is 1.44. The van der Waals surface area contributed by atoms with Crippen molar-refractivity contribution in [2.24, 2.45) is 0 Å². The SMILES string of the molecule is COc1ccc2ccc3cccc4oc(=O)[n+]1c2c34. The third-order valence-corrected chi connectivity index (χ3v) is 3.45. The van der Waals surface area contributed by atoms with Gasteiger partial charge in [-0.25, -0.2) is 0 Å². The van der Waals surface area contributed by atoms with Crippen LogP contribution in [0.3, 0.4) is 0 Å². The Balaban J connectivity index is 2.47. The molecule has 0 unspecified atom stereocenters. The monoisotopic (exact) mass is 252 g/mol. The number of nitrogens with zero attached hydrogens (tertiary/aromatic N) is 1. The van der Waals surface area contributed by atoms with E-state index in [0.29, 0.717) is 11.5 Å². The van der Waals surface area contributed by atoms with E-state index < -0.39 is 5.76 Å². The molecule has 0 fully saturated rings. The summed E-state index contributed by atoms with van der Waals surface area (Å²) in [7, 11) is 1.54. The Kier molecular flexibility index (Phi) is 1.87. The van der Waals surface area contributed by atoms with Crippen LogP contribution in [-0.2, 0) is 0 Å². The van der Waals surface area contributed by atoms with Crippen molar-refractivity contribution in [1.29, 1.82) is 0 Å². The van der Waals surface area contributed by atoms with E-state index in [1.807, 2.05) is 36.4 Å². The normalized spacial score (nSPS) is 11.6. The van der Waals surface area contributed by atoms with Crippen LogP contribution in [0, 0.1) is 0 Å². The topological polar surface area (TPSA) is 43.5 Å². The van der Waals surface area contributed by atoms with Crippen LogP contribution in [0.15, 0.2) is 51.7 Å². The summed E-state index contributed by atoms with van der Waals surface area (Å²) in [5, 5.41) is 2.97. The molecule has 2 aromatic heterocycles. The quantitative estimate of drug-likeness (QED) is 0.385. The van der Waals surface area contributed by atoms with Gasteiger partial charge in [0.1, 0.15) is 0 Å². The van der Waals surface area contributed by atoms with E-state index >= 15 is 0 Å². The Hall–Kier alpha value is -2.62. The predicted octanol–water partition coefficient (Wildman–Crippen LogP) is 2.13. The largest absolute Gasteiger partial charge is 0.611 e. The van der Waals surface area contributed by atoms with E-state index in [-0.39, 0.29) is 0 Å². The molecule has 19 heavy (non-hydrogen) atoms. The van der Waals surface area contributed by atoms with Gasteiger partial charge in [-0.15, -0.1) is 0 Å². The highest BCUT2D eigenvalue weighted by Crippen LogP contribution is 2.28. The summed E-state index contributed by atoms with van der Waals surface area (Å²) >= 11 is 0. The van der Waals surface area contributed by atoms with Gasteiger partial charge in [-0.05, 0) is 28.0 Å². The van der Waals surface area contributed by atoms with Crippen LogP contribution < -0.4 is 14.9 Å². The Bertz CT molecular complexity index is 971. The molecule has 0 bridgehead atoms. The van der Waals surface area contributed by atoms with Crippen LogP contribution >= 0.6 is 0 Å². The molecule has 2 aromatic carbocycles. The molecule has 0 aliphatic heterocycles. The molecule has 0 N–H and O–H groups in total. The first-order chi connectivity index (χ1) is 9.29. The van der Waals surface area contributed by atoms with Gasteiger partial charge >= 0.3 is 11.6 Å². The number of pyridine rings is 1. The van der Waals surface area contributed by atoms with Crippen LogP contribution in [0.1, 0.15) is 0 Å². The van der Waals surface area contributed by atoms with E-state index in [1.165, 1.54) is 4.40 Å². The van der Waals surface area contributed by atoms with Gasteiger partial charge in [0.2, 0.25) is 5.52 Å². The van der Waals surface area contributed by atoms with Crippen LogP contribution in [-0.4, -0.2) is 7.11 Å². The van der Waals surface area contributed by atoms with Crippen molar-refractivity contribution in [3.63, 3.8) is 0 Å². The van der Waals surface area contributed by atoms with E-state index in [2.05, 4.69) is 0 Å². The predicted molar refractivity (Wildman–Crippen MR) is 70.9 cm³/mol. The molecule has 0 aliphatic rings. The second-order valence-electron chi connectivity index (χ2n) is 4.44. The third kappa shape index (κ3) is 1.23.